The summed E-state index contributed by atoms with van der Waals surface area (Å²) >= 11 is 0. The van der Waals surface area contributed by atoms with Crippen LogP contribution in [0.1, 0.15) is 39.5 Å². The van der Waals surface area contributed by atoms with E-state index < -0.39 is 6.10 Å². The summed E-state index contributed by atoms with van der Waals surface area (Å²) in [4.78, 5) is 11.7. The first-order valence-electron chi connectivity index (χ1n) is 5.61. The molecule has 0 spiro atoms. The van der Waals surface area contributed by atoms with Crippen molar-refractivity contribution in [3.8, 4) is 0 Å². The maximum atomic E-state index is 11.7. The molecule has 82 valence electrons. The summed E-state index contributed by atoms with van der Waals surface area (Å²) in [6, 6.07) is 0. The molecule has 1 aliphatic rings. The van der Waals surface area contributed by atoms with Gasteiger partial charge in [0.2, 0.25) is 5.91 Å². The summed E-state index contributed by atoms with van der Waals surface area (Å²) in [6.45, 7) is 4.45. The van der Waals surface area contributed by atoms with Gasteiger partial charge in [-0.3, -0.25) is 4.79 Å². The minimum Gasteiger partial charge on any atom is -0.391 e. The van der Waals surface area contributed by atoms with Crippen LogP contribution in [-0.2, 0) is 4.79 Å². The summed E-state index contributed by atoms with van der Waals surface area (Å²) in [6.07, 6.45) is 3.63. The van der Waals surface area contributed by atoms with E-state index in [0.717, 1.165) is 19.3 Å². The zero-order chi connectivity index (χ0) is 10.6. The fraction of sp³-hybridized carbons (Fsp3) is 0.909. The number of carbonyl (C=O) groups excluding carboxylic acids is 1. The predicted molar refractivity (Wildman–Crippen MR) is 55.8 cm³/mol. The Bertz CT molecular complexity index is 194. The highest BCUT2D eigenvalue weighted by molar-refractivity contribution is 5.79. The maximum absolute atomic E-state index is 11.7. The molecule has 0 aromatic heterocycles. The molecule has 1 amide bonds. The van der Waals surface area contributed by atoms with Crippen molar-refractivity contribution in [1.29, 1.82) is 0 Å². The van der Waals surface area contributed by atoms with Gasteiger partial charge in [0.05, 0.1) is 6.10 Å². The highest BCUT2D eigenvalue weighted by atomic mass is 16.3. The smallest absolute Gasteiger partial charge is 0.223 e. The van der Waals surface area contributed by atoms with Crippen LogP contribution < -0.4 is 5.32 Å². The van der Waals surface area contributed by atoms with E-state index in [1.54, 1.807) is 0 Å². The minimum atomic E-state index is -0.393. The molecule has 3 unspecified atom stereocenters. The van der Waals surface area contributed by atoms with Crippen LogP contribution in [-0.4, -0.2) is 23.7 Å². The third kappa shape index (κ3) is 2.98. The normalized spacial score (nSPS) is 28.8. The Morgan fingerprint density at radius 3 is 2.79 bits per heavy atom. The first kappa shape index (κ1) is 11.5. The second-order valence-corrected chi connectivity index (χ2v) is 4.32. The lowest BCUT2D eigenvalue weighted by Crippen LogP contribution is -2.37. The van der Waals surface area contributed by atoms with Crippen LogP contribution >= 0.6 is 0 Å². The fourth-order valence-corrected chi connectivity index (χ4v) is 2.03. The number of carbonyl (C=O) groups is 1. The molecule has 1 rings (SSSR count). The monoisotopic (exact) mass is 199 g/mol. The SMILES string of the molecule is CCC(O)CNC(=O)C1CCCC1C. The van der Waals surface area contributed by atoms with Crippen molar-refractivity contribution >= 4 is 5.91 Å². The average molecular weight is 199 g/mol. The van der Waals surface area contributed by atoms with Gasteiger partial charge in [-0.25, -0.2) is 0 Å². The molecule has 0 aromatic carbocycles. The van der Waals surface area contributed by atoms with Crippen molar-refractivity contribution < 1.29 is 9.90 Å². The van der Waals surface area contributed by atoms with Crippen LogP contribution in [0, 0.1) is 11.8 Å². The third-order valence-electron chi connectivity index (χ3n) is 3.18. The number of aliphatic hydroxyl groups excluding tert-OH is 1. The van der Waals surface area contributed by atoms with E-state index in [9.17, 15) is 9.90 Å². The summed E-state index contributed by atoms with van der Waals surface area (Å²) in [7, 11) is 0. The summed E-state index contributed by atoms with van der Waals surface area (Å²) in [5, 5.41) is 12.1. The molecule has 3 atom stereocenters. The van der Waals surface area contributed by atoms with Gasteiger partial charge in [0.25, 0.3) is 0 Å². The highest BCUT2D eigenvalue weighted by Gasteiger charge is 2.29. The molecule has 0 heterocycles. The molecule has 0 aliphatic heterocycles. The zero-order valence-corrected chi connectivity index (χ0v) is 9.12. The van der Waals surface area contributed by atoms with Crippen molar-refractivity contribution in [2.45, 2.75) is 45.6 Å². The van der Waals surface area contributed by atoms with Crippen LogP contribution in [0.3, 0.4) is 0 Å². The third-order valence-corrected chi connectivity index (χ3v) is 3.18. The largest absolute Gasteiger partial charge is 0.391 e. The molecule has 0 radical (unpaired) electrons. The second-order valence-electron chi connectivity index (χ2n) is 4.32. The van der Waals surface area contributed by atoms with Gasteiger partial charge in [-0.1, -0.05) is 20.3 Å². The summed E-state index contributed by atoms with van der Waals surface area (Å²) < 4.78 is 0. The van der Waals surface area contributed by atoms with Crippen LogP contribution in [0.15, 0.2) is 0 Å². The molecule has 14 heavy (non-hydrogen) atoms. The fourth-order valence-electron chi connectivity index (χ4n) is 2.03. The van der Waals surface area contributed by atoms with Crippen molar-refractivity contribution in [1.82, 2.24) is 5.32 Å². The number of amides is 1. The van der Waals surface area contributed by atoms with Gasteiger partial charge in [-0.2, -0.15) is 0 Å². The van der Waals surface area contributed by atoms with Crippen molar-refractivity contribution in [2.24, 2.45) is 11.8 Å². The number of aliphatic hydroxyl groups is 1. The van der Waals surface area contributed by atoms with Crippen LogP contribution in [0.4, 0.5) is 0 Å². The van der Waals surface area contributed by atoms with Crippen LogP contribution in [0.5, 0.6) is 0 Å². The standard InChI is InChI=1S/C11H21NO2/c1-3-9(13)7-12-11(14)10-6-4-5-8(10)2/h8-10,13H,3-7H2,1-2H3,(H,12,14). The van der Waals surface area contributed by atoms with Crippen molar-refractivity contribution in [2.75, 3.05) is 6.54 Å². The van der Waals surface area contributed by atoms with Gasteiger partial charge in [-0.05, 0) is 25.2 Å². The van der Waals surface area contributed by atoms with Gasteiger partial charge in [0.15, 0.2) is 0 Å². The van der Waals surface area contributed by atoms with E-state index in [2.05, 4.69) is 12.2 Å². The molecule has 0 saturated heterocycles. The first-order valence-corrected chi connectivity index (χ1v) is 5.61. The zero-order valence-electron chi connectivity index (χ0n) is 9.12. The van der Waals surface area contributed by atoms with Gasteiger partial charge in [0, 0.05) is 12.5 Å². The average Bonchev–Trinajstić information content (AvgIpc) is 2.60. The molecule has 2 N–H and O–H groups in total. The number of rotatable bonds is 4. The topological polar surface area (TPSA) is 49.3 Å². The van der Waals surface area contributed by atoms with Gasteiger partial charge in [-0.15, -0.1) is 0 Å². The maximum Gasteiger partial charge on any atom is 0.223 e. The molecule has 1 saturated carbocycles. The molecule has 0 bridgehead atoms. The lowest BCUT2D eigenvalue weighted by molar-refractivity contribution is -0.126. The van der Waals surface area contributed by atoms with E-state index in [-0.39, 0.29) is 11.8 Å². The Kier molecular flexibility index (Phi) is 4.39. The molecule has 1 aliphatic carbocycles. The number of nitrogens with one attached hydrogen (secondary N) is 1. The molecular formula is C11H21NO2. The number of hydrogen-bond donors (Lipinski definition) is 2. The first-order chi connectivity index (χ1) is 6.65. The number of hydrogen-bond acceptors (Lipinski definition) is 2. The van der Waals surface area contributed by atoms with E-state index in [1.807, 2.05) is 6.92 Å². The molecule has 1 fully saturated rings. The molecule has 3 nitrogen and oxygen atoms in total. The second kappa shape index (κ2) is 5.35. The molecular weight excluding hydrogens is 178 g/mol. The Labute approximate surface area is 85.9 Å². The van der Waals surface area contributed by atoms with Crippen molar-refractivity contribution in [3.05, 3.63) is 0 Å². The summed E-state index contributed by atoms with van der Waals surface area (Å²) in [5.74, 6) is 0.815. The van der Waals surface area contributed by atoms with Crippen molar-refractivity contribution in [3.63, 3.8) is 0 Å². The Morgan fingerprint density at radius 2 is 2.29 bits per heavy atom. The van der Waals surface area contributed by atoms with Gasteiger partial charge in [0.1, 0.15) is 0 Å². The lowest BCUT2D eigenvalue weighted by Gasteiger charge is -2.16. The predicted octanol–water partition coefficient (Wildman–Crippen LogP) is 1.31. The minimum absolute atomic E-state index is 0.127. The molecule has 0 aromatic rings. The Balaban J connectivity index is 2.27. The highest BCUT2D eigenvalue weighted by Crippen LogP contribution is 2.30. The molecule has 3 heteroatoms. The van der Waals surface area contributed by atoms with Gasteiger partial charge >= 0.3 is 0 Å². The van der Waals surface area contributed by atoms with Crippen LogP contribution in [0.25, 0.3) is 0 Å². The van der Waals surface area contributed by atoms with E-state index in [4.69, 9.17) is 0 Å². The summed E-state index contributed by atoms with van der Waals surface area (Å²) in [5.41, 5.74) is 0. The Hall–Kier alpha value is -0.570. The van der Waals surface area contributed by atoms with E-state index >= 15 is 0 Å². The van der Waals surface area contributed by atoms with Crippen LogP contribution in [0.2, 0.25) is 0 Å². The lowest BCUT2D eigenvalue weighted by atomic mass is 9.97. The van der Waals surface area contributed by atoms with Gasteiger partial charge < -0.3 is 10.4 Å². The van der Waals surface area contributed by atoms with E-state index in [0.29, 0.717) is 18.9 Å². The van der Waals surface area contributed by atoms with E-state index in [1.165, 1.54) is 0 Å². The quantitative estimate of drug-likeness (QED) is 0.717. The Morgan fingerprint density at radius 1 is 1.57 bits per heavy atom.